The Bertz CT molecular complexity index is 1040. The van der Waals surface area contributed by atoms with Crippen LogP contribution in [0.15, 0.2) is 18.2 Å². The standard InChI is InChI=1S/C23H30N4O4/c1-23(2,3)31-22(30)27-11-5-6-15(13-27)14-7-8-16-18(12-14)26(4)25-20(16)17-9-10-19(28)24-21(17)29/h7-8,12,15,17H,5-6,9-11,13H2,1-4H3,(H,24,28,29)/t15-,17?/m1/s1. The summed E-state index contributed by atoms with van der Waals surface area (Å²) in [5.41, 5.74) is 2.31. The van der Waals surface area contributed by atoms with Gasteiger partial charge in [-0.25, -0.2) is 4.79 Å². The van der Waals surface area contributed by atoms with E-state index < -0.39 is 11.5 Å². The number of ether oxygens (including phenoxy) is 1. The maximum atomic E-state index is 12.5. The highest BCUT2D eigenvalue weighted by molar-refractivity contribution is 6.02. The second kappa shape index (κ2) is 7.98. The van der Waals surface area contributed by atoms with Crippen molar-refractivity contribution in [2.24, 2.45) is 7.05 Å². The lowest BCUT2D eigenvalue weighted by Crippen LogP contribution is -2.42. The topological polar surface area (TPSA) is 93.5 Å². The zero-order chi connectivity index (χ0) is 22.3. The van der Waals surface area contributed by atoms with Crippen molar-refractivity contribution in [2.75, 3.05) is 13.1 Å². The fraction of sp³-hybridized carbons (Fsp3) is 0.565. The molecule has 166 valence electrons. The molecule has 1 unspecified atom stereocenters. The number of rotatable bonds is 2. The highest BCUT2D eigenvalue weighted by Crippen LogP contribution is 2.34. The number of nitrogens with one attached hydrogen (secondary N) is 1. The van der Waals surface area contributed by atoms with Crippen LogP contribution < -0.4 is 5.32 Å². The second-order valence-corrected chi connectivity index (χ2v) is 9.55. The molecule has 1 N–H and O–H groups in total. The molecule has 8 heteroatoms. The summed E-state index contributed by atoms with van der Waals surface area (Å²) in [6, 6.07) is 6.20. The van der Waals surface area contributed by atoms with Crippen LogP contribution in [0.1, 0.15) is 69.5 Å². The molecule has 1 aromatic heterocycles. The van der Waals surface area contributed by atoms with Crippen LogP contribution in [0.2, 0.25) is 0 Å². The predicted octanol–water partition coefficient (Wildman–Crippen LogP) is 3.21. The third-order valence-corrected chi connectivity index (χ3v) is 6.02. The number of carbonyl (C=O) groups is 3. The predicted molar refractivity (Wildman–Crippen MR) is 116 cm³/mol. The molecular formula is C23H30N4O4. The van der Waals surface area contributed by atoms with Crippen molar-refractivity contribution in [2.45, 2.75) is 63.9 Å². The molecule has 2 aliphatic rings. The molecule has 0 saturated carbocycles. The van der Waals surface area contributed by atoms with Gasteiger partial charge in [0, 0.05) is 37.9 Å². The summed E-state index contributed by atoms with van der Waals surface area (Å²) < 4.78 is 7.35. The molecule has 0 aliphatic carbocycles. The van der Waals surface area contributed by atoms with Crippen LogP contribution in [-0.4, -0.2) is 51.3 Å². The van der Waals surface area contributed by atoms with E-state index >= 15 is 0 Å². The number of amides is 3. The molecule has 0 radical (unpaired) electrons. The first kappa shape index (κ1) is 21.3. The van der Waals surface area contributed by atoms with Crippen LogP contribution >= 0.6 is 0 Å². The molecule has 2 atom stereocenters. The van der Waals surface area contributed by atoms with E-state index in [1.54, 1.807) is 9.58 Å². The lowest BCUT2D eigenvalue weighted by molar-refractivity contribution is -0.134. The first-order valence-electron chi connectivity index (χ1n) is 10.9. The molecular weight excluding hydrogens is 396 g/mol. The highest BCUT2D eigenvalue weighted by atomic mass is 16.6. The SMILES string of the molecule is Cn1nc(C2CCC(=O)NC2=O)c2ccc([C@@H]3CCCN(C(=O)OC(C)(C)C)C3)cc21. The van der Waals surface area contributed by atoms with Crippen molar-refractivity contribution in [3.63, 3.8) is 0 Å². The average molecular weight is 427 g/mol. The molecule has 4 rings (SSSR count). The largest absolute Gasteiger partial charge is 0.444 e. The lowest BCUT2D eigenvalue weighted by atomic mass is 9.89. The Morgan fingerprint density at radius 2 is 2.00 bits per heavy atom. The minimum absolute atomic E-state index is 0.222. The number of hydrogen-bond donors (Lipinski definition) is 1. The third kappa shape index (κ3) is 4.43. The molecule has 2 fully saturated rings. The normalized spacial score (nSPS) is 22.5. The molecule has 3 amide bonds. The van der Waals surface area contributed by atoms with Crippen LogP contribution in [0.3, 0.4) is 0 Å². The lowest BCUT2D eigenvalue weighted by Gasteiger charge is -2.34. The Hall–Kier alpha value is -2.90. The summed E-state index contributed by atoms with van der Waals surface area (Å²) in [4.78, 5) is 38.1. The van der Waals surface area contributed by atoms with E-state index in [1.807, 2.05) is 33.9 Å². The van der Waals surface area contributed by atoms with Crippen LogP contribution in [0.5, 0.6) is 0 Å². The first-order valence-corrected chi connectivity index (χ1v) is 10.9. The average Bonchev–Trinajstić information content (AvgIpc) is 3.03. The highest BCUT2D eigenvalue weighted by Gasteiger charge is 2.32. The quantitative estimate of drug-likeness (QED) is 0.745. The summed E-state index contributed by atoms with van der Waals surface area (Å²) in [5, 5.41) is 7.97. The van der Waals surface area contributed by atoms with Gasteiger partial charge in [0.25, 0.3) is 0 Å². The number of fused-ring (bicyclic) bond motifs is 1. The maximum absolute atomic E-state index is 12.5. The number of nitrogens with zero attached hydrogens (tertiary/aromatic N) is 3. The number of aryl methyl sites for hydroxylation is 1. The summed E-state index contributed by atoms with van der Waals surface area (Å²) in [6.45, 7) is 6.96. The fourth-order valence-corrected chi connectivity index (χ4v) is 4.51. The Morgan fingerprint density at radius 3 is 2.71 bits per heavy atom. The van der Waals surface area contributed by atoms with E-state index in [0.717, 1.165) is 29.3 Å². The number of likely N-dealkylation sites (tertiary alicyclic amines) is 1. The third-order valence-electron chi connectivity index (χ3n) is 6.02. The molecule has 3 heterocycles. The molecule has 0 bridgehead atoms. The van der Waals surface area contributed by atoms with Crippen LogP contribution in [0, 0.1) is 0 Å². The maximum Gasteiger partial charge on any atom is 0.410 e. The van der Waals surface area contributed by atoms with Crippen molar-refractivity contribution in [3.05, 3.63) is 29.5 Å². The second-order valence-electron chi connectivity index (χ2n) is 9.55. The molecule has 0 spiro atoms. The van der Waals surface area contributed by atoms with E-state index in [9.17, 15) is 14.4 Å². The number of benzene rings is 1. The van der Waals surface area contributed by atoms with E-state index in [2.05, 4.69) is 22.5 Å². The zero-order valence-corrected chi connectivity index (χ0v) is 18.6. The zero-order valence-electron chi connectivity index (χ0n) is 18.6. The van der Waals surface area contributed by atoms with Gasteiger partial charge in [-0.3, -0.25) is 19.6 Å². The van der Waals surface area contributed by atoms with E-state index in [1.165, 1.54) is 0 Å². The van der Waals surface area contributed by atoms with Gasteiger partial charge in [-0.2, -0.15) is 5.10 Å². The number of carbonyl (C=O) groups excluding carboxylic acids is 3. The molecule has 2 aromatic rings. The van der Waals surface area contributed by atoms with E-state index in [4.69, 9.17) is 4.74 Å². The molecule has 8 nitrogen and oxygen atoms in total. The summed E-state index contributed by atoms with van der Waals surface area (Å²) in [6.07, 6.45) is 2.47. The molecule has 2 saturated heterocycles. The number of piperidine rings is 2. The number of aromatic nitrogens is 2. The number of hydrogen-bond acceptors (Lipinski definition) is 5. The van der Waals surface area contributed by atoms with Gasteiger partial charge in [-0.05, 0) is 51.7 Å². The van der Waals surface area contributed by atoms with Crippen molar-refractivity contribution < 1.29 is 19.1 Å². The Balaban J connectivity index is 1.57. The van der Waals surface area contributed by atoms with Gasteiger partial charge in [0.05, 0.1) is 17.1 Å². The van der Waals surface area contributed by atoms with Crippen molar-refractivity contribution >= 4 is 28.8 Å². The van der Waals surface area contributed by atoms with E-state index in [0.29, 0.717) is 31.6 Å². The van der Waals surface area contributed by atoms with Gasteiger partial charge in [-0.15, -0.1) is 0 Å². The van der Waals surface area contributed by atoms with Crippen molar-refractivity contribution in [1.29, 1.82) is 0 Å². The van der Waals surface area contributed by atoms with Crippen LogP contribution in [-0.2, 0) is 21.4 Å². The minimum atomic E-state index is -0.510. The van der Waals surface area contributed by atoms with Crippen molar-refractivity contribution in [1.82, 2.24) is 20.0 Å². The van der Waals surface area contributed by atoms with E-state index in [-0.39, 0.29) is 23.8 Å². The molecule has 31 heavy (non-hydrogen) atoms. The van der Waals surface area contributed by atoms with Gasteiger partial charge in [-0.1, -0.05) is 12.1 Å². The summed E-state index contributed by atoms with van der Waals surface area (Å²) in [5.74, 6) is -0.694. The minimum Gasteiger partial charge on any atom is -0.444 e. The van der Waals surface area contributed by atoms with Gasteiger partial charge in [0.15, 0.2) is 0 Å². The van der Waals surface area contributed by atoms with Gasteiger partial charge in [0.1, 0.15) is 5.60 Å². The molecule has 1 aromatic carbocycles. The first-order chi connectivity index (χ1) is 14.6. The fourth-order valence-electron chi connectivity index (χ4n) is 4.51. The van der Waals surface area contributed by atoms with Gasteiger partial charge >= 0.3 is 6.09 Å². The monoisotopic (exact) mass is 426 g/mol. The van der Waals surface area contributed by atoms with Crippen LogP contribution in [0.25, 0.3) is 10.9 Å². The van der Waals surface area contributed by atoms with Gasteiger partial charge in [0.2, 0.25) is 11.8 Å². The number of imide groups is 1. The Labute approximate surface area is 181 Å². The molecule has 2 aliphatic heterocycles. The summed E-state index contributed by atoms with van der Waals surface area (Å²) >= 11 is 0. The smallest absolute Gasteiger partial charge is 0.410 e. The van der Waals surface area contributed by atoms with Gasteiger partial charge < -0.3 is 9.64 Å². The Morgan fingerprint density at radius 1 is 1.23 bits per heavy atom. The Kier molecular flexibility index (Phi) is 5.49. The summed E-state index contributed by atoms with van der Waals surface area (Å²) in [7, 11) is 1.87. The van der Waals surface area contributed by atoms with Crippen LogP contribution in [0.4, 0.5) is 4.79 Å². The van der Waals surface area contributed by atoms with Crippen molar-refractivity contribution in [3.8, 4) is 0 Å².